The first-order chi connectivity index (χ1) is 12.4. The second kappa shape index (κ2) is 8.36. The molecule has 1 aliphatic rings. The quantitative estimate of drug-likeness (QED) is 0.629. The Bertz CT molecular complexity index is 806. The molecule has 0 saturated heterocycles. The third kappa shape index (κ3) is 4.32. The average Bonchev–Trinajstić information content (AvgIpc) is 2.65. The monoisotopic (exact) mass is 350 g/mol. The number of nitrogens with zero attached hydrogens (tertiary/aromatic N) is 2. The molecule has 1 N–H and O–H groups in total. The number of aliphatic hydroxyl groups is 1. The van der Waals surface area contributed by atoms with Gasteiger partial charge in [0.25, 0.3) is 0 Å². The first-order valence-electron chi connectivity index (χ1n) is 8.64. The smallest absolute Gasteiger partial charge is 0.337 e. The van der Waals surface area contributed by atoms with Gasteiger partial charge in [-0.25, -0.2) is 4.79 Å². The fraction of sp³-hybridized carbons (Fsp3) is 0.381. The first-order valence-corrected chi connectivity index (χ1v) is 8.64. The fourth-order valence-corrected chi connectivity index (χ4v) is 2.78. The van der Waals surface area contributed by atoms with Crippen molar-refractivity contribution in [2.75, 3.05) is 6.61 Å². The van der Waals surface area contributed by atoms with E-state index in [0.29, 0.717) is 12.0 Å². The molecule has 0 radical (unpaired) electrons. The van der Waals surface area contributed by atoms with E-state index in [9.17, 15) is 20.4 Å². The minimum Gasteiger partial charge on any atom is -0.507 e. The Kier molecular flexibility index (Phi) is 6.20. The Morgan fingerprint density at radius 3 is 2.50 bits per heavy atom. The molecule has 1 aromatic rings. The number of benzene rings is 1. The van der Waals surface area contributed by atoms with E-state index in [1.165, 1.54) is 0 Å². The maximum Gasteiger partial charge on any atom is 0.337 e. The van der Waals surface area contributed by atoms with Crippen LogP contribution in [-0.2, 0) is 9.53 Å². The van der Waals surface area contributed by atoms with Gasteiger partial charge in [-0.2, -0.15) is 10.5 Å². The number of esters is 1. The molecule has 5 nitrogen and oxygen atoms in total. The highest BCUT2D eigenvalue weighted by molar-refractivity contribution is 5.91. The van der Waals surface area contributed by atoms with E-state index < -0.39 is 11.4 Å². The third-order valence-electron chi connectivity index (χ3n) is 4.38. The zero-order valence-corrected chi connectivity index (χ0v) is 15.1. The third-order valence-corrected chi connectivity index (χ3v) is 4.38. The highest BCUT2D eigenvalue weighted by Crippen LogP contribution is 2.42. The fourth-order valence-electron chi connectivity index (χ4n) is 2.78. The summed E-state index contributed by atoms with van der Waals surface area (Å²) in [6.07, 6.45) is 3.22. The Morgan fingerprint density at radius 2 is 1.92 bits per heavy atom. The van der Waals surface area contributed by atoms with Gasteiger partial charge in [0.1, 0.15) is 5.76 Å². The number of hydrogen-bond acceptors (Lipinski definition) is 5. The molecule has 2 rings (SSSR count). The van der Waals surface area contributed by atoms with Gasteiger partial charge in [-0.15, -0.1) is 0 Å². The molecule has 0 atom stereocenters. The molecule has 0 aromatic heterocycles. The van der Waals surface area contributed by atoms with E-state index in [-0.39, 0.29) is 30.8 Å². The number of aryl methyl sites for hydroxylation is 1. The highest BCUT2D eigenvalue weighted by atomic mass is 16.5. The molecule has 1 aromatic carbocycles. The predicted octanol–water partition coefficient (Wildman–Crippen LogP) is 4.36. The molecule has 0 spiro atoms. The van der Waals surface area contributed by atoms with Gasteiger partial charge in [-0.05, 0) is 30.6 Å². The molecule has 0 saturated carbocycles. The maximum absolute atomic E-state index is 12.4. The molecule has 0 fully saturated rings. The average molecular weight is 350 g/mol. The SMILES string of the molecule is CCCCOC(=O)C1=C(O)/C(=C/c2ccc(C)cc2)CC(C#N)(C#N)C1. The molecule has 5 heteroatoms. The number of nitriles is 2. The van der Waals surface area contributed by atoms with Crippen molar-refractivity contribution in [2.24, 2.45) is 5.41 Å². The second-order valence-electron chi connectivity index (χ2n) is 6.56. The van der Waals surface area contributed by atoms with Crippen LogP contribution in [0.25, 0.3) is 6.08 Å². The Balaban J connectivity index is 2.43. The number of ether oxygens (including phenoxy) is 1. The summed E-state index contributed by atoms with van der Waals surface area (Å²) in [7, 11) is 0. The van der Waals surface area contributed by atoms with Crippen molar-refractivity contribution in [1.82, 2.24) is 0 Å². The van der Waals surface area contributed by atoms with Gasteiger partial charge < -0.3 is 9.84 Å². The largest absolute Gasteiger partial charge is 0.507 e. The van der Waals surface area contributed by atoms with Crippen molar-refractivity contribution in [3.05, 3.63) is 52.3 Å². The van der Waals surface area contributed by atoms with Crippen molar-refractivity contribution in [2.45, 2.75) is 39.5 Å². The van der Waals surface area contributed by atoms with Gasteiger partial charge in [0.05, 0.1) is 24.3 Å². The van der Waals surface area contributed by atoms with Crippen LogP contribution < -0.4 is 0 Å². The lowest BCUT2D eigenvalue weighted by Crippen LogP contribution is -2.28. The van der Waals surface area contributed by atoms with Gasteiger partial charge in [0, 0.05) is 12.8 Å². The maximum atomic E-state index is 12.4. The molecule has 0 bridgehead atoms. The molecule has 26 heavy (non-hydrogen) atoms. The number of carbonyl (C=O) groups excluding carboxylic acids is 1. The van der Waals surface area contributed by atoms with Gasteiger partial charge in [-0.1, -0.05) is 43.2 Å². The van der Waals surface area contributed by atoms with Crippen molar-refractivity contribution >= 4 is 12.0 Å². The van der Waals surface area contributed by atoms with Gasteiger partial charge in [-0.3, -0.25) is 0 Å². The van der Waals surface area contributed by atoms with E-state index in [4.69, 9.17) is 4.74 Å². The van der Waals surface area contributed by atoms with Crippen LogP contribution in [0.15, 0.2) is 41.2 Å². The summed E-state index contributed by atoms with van der Waals surface area (Å²) < 4.78 is 5.19. The molecular formula is C21H22N2O3. The van der Waals surface area contributed by atoms with Crippen LogP contribution in [-0.4, -0.2) is 17.7 Å². The van der Waals surface area contributed by atoms with Gasteiger partial charge in [0.15, 0.2) is 5.41 Å². The van der Waals surface area contributed by atoms with Crippen LogP contribution in [0.5, 0.6) is 0 Å². The van der Waals surface area contributed by atoms with Crippen LogP contribution in [0.3, 0.4) is 0 Å². The lowest BCUT2D eigenvalue weighted by molar-refractivity contribution is -0.139. The predicted molar refractivity (Wildman–Crippen MR) is 97.6 cm³/mol. The summed E-state index contributed by atoms with van der Waals surface area (Å²) in [6, 6.07) is 11.6. The van der Waals surface area contributed by atoms with Crippen molar-refractivity contribution in [3.63, 3.8) is 0 Å². The summed E-state index contributed by atoms with van der Waals surface area (Å²) in [6.45, 7) is 4.19. The molecular weight excluding hydrogens is 328 g/mol. The zero-order chi connectivity index (χ0) is 19.2. The standard InChI is InChI=1S/C21H22N2O3/c1-3-4-9-26-20(25)18-12-21(13-22,14-23)11-17(19(18)24)10-16-7-5-15(2)6-8-16/h5-8,10,24H,3-4,9,11-12H2,1-2H3/b17-10+. The topological polar surface area (TPSA) is 94.1 Å². The van der Waals surface area contributed by atoms with Crippen molar-refractivity contribution < 1.29 is 14.6 Å². The van der Waals surface area contributed by atoms with Crippen molar-refractivity contribution in [1.29, 1.82) is 10.5 Å². The van der Waals surface area contributed by atoms with E-state index >= 15 is 0 Å². The minimum absolute atomic E-state index is 0.00573. The summed E-state index contributed by atoms with van der Waals surface area (Å²) in [5, 5.41) is 29.6. The van der Waals surface area contributed by atoms with E-state index in [1.54, 1.807) is 6.08 Å². The lowest BCUT2D eigenvalue weighted by atomic mass is 9.73. The molecule has 0 heterocycles. The normalized spacial score (nSPS) is 17.5. The van der Waals surface area contributed by atoms with Crippen LogP contribution in [0.4, 0.5) is 0 Å². The summed E-state index contributed by atoms with van der Waals surface area (Å²) in [4.78, 5) is 12.4. The van der Waals surface area contributed by atoms with Gasteiger partial charge in [0.2, 0.25) is 0 Å². The first kappa shape index (κ1) is 19.3. The summed E-state index contributed by atoms with van der Waals surface area (Å²) >= 11 is 0. The molecule has 0 unspecified atom stereocenters. The Hall–Kier alpha value is -3.05. The van der Waals surface area contributed by atoms with Crippen LogP contribution >= 0.6 is 0 Å². The van der Waals surface area contributed by atoms with Crippen LogP contribution in [0.2, 0.25) is 0 Å². The number of aliphatic hydroxyl groups excluding tert-OH is 1. The number of unbranched alkanes of at least 4 members (excludes halogenated alkanes) is 1. The second-order valence-corrected chi connectivity index (χ2v) is 6.56. The number of carbonyl (C=O) groups is 1. The molecule has 0 amide bonds. The minimum atomic E-state index is -1.39. The Morgan fingerprint density at radius 1 is 1.27 bits per heavy atom. The number of rotatable bonds is 5. The van der Waals surface area contributed by atoms with E-state index in [2.05, 4.69) is 0 Å². The molecule has 0 aliphatic heterocycles. The van der Waals surface area contributed by atoms with Gasteiger partial charge >= 0.3 is 5.97 Å². The van der Waals surface area contributed by atoms with E-state index in [0.717, 1.165) is 17.5 Å². The molecule has 134 valence electrons. The number of hydrogen-bond donors (Lipinski definition) is 1. The summed E-state index contributed by atoms with van der Waals surface area (Å²) in [5.41, 5.74) is 0.920. The van der Waals surface area contributed by atoms with Crippen LogP contribution in [0, 0.1) is 35.0 Å². The van der Waals surface area contributed by atoms with Crippen LogP contribution in [0.1, 0.15) is 43.7 Å². The van der Waals surface area contributed by atoms with E-state index in [1.807, 2.05) is 50.3 Å². The molecule has 1 aliphatic carbocycles. The Labute approximate surface area is 153 Å². The summed E-state index contributed by atoms with van der Waals surface area (Å²) in [5.74, 6) is -0.853. The zero-order valence-electron chi connectivity index (χ0n) is 15.1. The lowest BCUT2D eigenvalue weighted by Gasteiger charge is -2.27. The highest BCUT2D eigenvalue weighted by Gasteiger charge is 2.41. The van der Waals surface area contributed by atoms with Crippen molar-refractivity contribution in [3.8, 4) is 12.1 Å². The number of allylic oxidation sites excluding steroid dienone is 1.